The van der Waals surface area contributed by atoms with Crippen molar-refractivity contribution in [3.05, 3.63) is 72.8 Å². The Morgan fingerprint density at radius 2 is 0.667 bits per heavy atom. The summed E-state index contributed by atoms with van der Waals surface area (Å²) >= 11 is 0. The molecule has 0 aliphatic heterocycles. The number of hydrogen-bond donors (Lipinski definition) is 0. The van der Waals surface area contributed by atoms with Crippen molar-refractivity contribution in [1.29, 1.82) is 0 Å². The summed E-state index contributed by atoms with van der Waals surface area (Å²) in [4.78, 5) is 0. The van der Waals surface area contributed by atoms with Gasteiger partial charge in [-0.3, -0.25) is 0 Å². The average Bonchev–Trinajstić information content (AvgIpc) is 2.52. The molecule has 0 nitrogen and oxygen atoms in total. The molecule has 0 unspecified atom stereocenters. The normalized spacial score (nSPS) is 11.4. The van der Waals surface area contributed by atoms with Crippen molar-refractivity contribution < 1.29 is 27.7 Å². The van der Waals surface area contributed by atoms with Crippen LogP contribution in [0.4, 0.5) is 0 Å². The Hall–Kier alpha value is -1.66. The molecule has 0 aliphatic rings. The maximum Gasteiger partial charge on any atom is 0 e. The number of hydrogen-bond acceptors (Lipinski definition) is 0. The molecule has 0 aromatic heterocycles. The second kappa shape index (κ2) is 4.67. The van der Waals surface area contributed by atoms with Crippen LogP contribution in [0, 0.1) is 0 Å². The first-order valence-corrected chi connectivity index (χ1v) is 6.98. The van der Waals surface area contributed by atoms with Gasteiger partial charge < -0.3 is 0 Å². The predicted octanol–water partition coefficient (Wildman–Crippen LogP) is 5.73. The van der Waals surface area contributed by atoms with E-state index in [1.165, 1.54) is 43.1 Å². The predicted molar refractivity (Wildman–Crippen MR) is 87.7 cm³/mol. The Morgan fingerprint density at radius 1 is 0.381 bits per heavy atom. The van der Waals surface area contributed by atoms with Gasteiger partial charge in [0.15, 0.2) is 0 Å². The maximum atomic E-state index is 2.25. The van der Waals surface area contributed by atoms with Gasteiger partial charge in [-0.05, 0) is 43.1 Å². The first-order chi connectivity index (χ1) is 9.93. The van der Waals surface area contributed by atoms with Crippen LogP contribution in [-0.2, 0) is 27.7 Å². The molecule has 0 radical (unpaired) electrons. The summed E-state index contributed by atoms with van der Waals surface area (Å²) in [5.41, 5.74) is 0. The van der Waals surface area contributed by atoms with Gasteiger partial charge in [-0.15, -0.1) is 0 Å². The van der Waals surface area contributed by atoms with E-state index < -0.39 is 0 Å². The molecule has 0 atom stereocenters. The molecule has 0 fully saturated rings. The first kappa shape index (κ1) is 13.0. The van der Waals surface area contributed by atoms with Gasteiger partial charge in [-0.1, -0.05) is 72.8 Å². The fourth-order valence-corrected chi connectivity index (χ4v) is 3.58. The third-order valence-electron chi connectivity index (χ3n) is 4.39. The molecule has 0 N–H and O–H groups in total. The molecule has 1 heteroatoms. The second-order valence-corrected chi connectivity index (χ2v) is 5.42. The monoisotopic (exact) mass is 454 g/mol. The average molecular weight is 453 g/mol. The van der Waals surface area contributed by atoms with Gasteiger partial charge in [0.05, 0.1) is 0 Å². The second-order valence-electron chi connectivity index (χ2n) is 5.42. The number of rotatable bonds is 0. The van der Waals surface area contributed by atoms with E-state index in [4.69, 9.17) is 0 Å². The van der Waals surface area contributed by atoms with Gasteiger partial charge in [0.25, 0.3) is 0 Å². The topological polar surface area (TPSA) is 0 Å². The first-order valence-electron chi connectivity index (χ1n) is 6.98. The molecule has 0 bridgehead atoms. The maximum absolute atomic E-state index is 2.25. The van der Waals surface area contributed by atoms with Gasteiger partial charge in [0, 0.05) is 27.7 Å². The summed E-state index contributed by atoms with van der Waals surface area (Å²) < 4.78 is 0. The van der Waals surface area contributed by atoms with Crippen LogP contribution < -0.4 is 0 Å². The molecule has 0 aliphatic carbocycles. The fourth-order valence-electron chi connectivity index (χ4n) is 3.58. The van der Waals surface area contributed by atoms with E-state index in [-0.39, 0.29) is 27.7 Å². The minimum Gasteiger partial charge on any atom is -0.0610 e. The summed E-state index contributed by atoms with van der Waals surface area (Å²) in [6, 6.07) is 26.4. The molecule has 0 saturated carbocycles. The van der Waals surface area contributed by atoms with E-state index in [1.807, 2.05) is 0 Å². The summed E-state index contributed by atoms with van der Waals surface area (Å²) in [5, 5.41) is 10.9. The minimum absolute atomic E-state index is 0. The van der Waals surface area contributed by atoms with Crippen molar-refractivity contribution in [3.63, 3.8) is 0 Å². The SMILES string of the molecule is [Hg].c1cc2cccc3c4cccc5cccc(c(c1)c23)c54. The molecule has 0 spiro atoms. The molecular weight excluding hydrogens is 441 g/mol. The van der Waals surface area contributed by atoms with E-state index >= 15 is 0 Å². The van der Waals surface area contributed by atoms with Crippen LogP contribution >= 0.6 is 0 Å². The molecule has 0 heterocycles. The third-order valence-corrected chi connectivity index (χ3v) is 4.39. The Balaban J connectivity index is 0.00000115. The van der Waals surface area contributed by atoms with Crippen molar-refractivity contribution >= 4 is 43.1 Å². The molecule has 5 aromatic rings. The van der Waals surface area contributed by atoms with E-state index in [0.717, 1.165) is 0 Å². The standard InChI is InChI=1S/C20H12.Hg/c1-5-13-6-2-11-17-18-12-4-8-14-7-3-10-16(20(14)18)15(9-1)19(13)17;/h1-12H;. The zero-order valence-electron chi connectivity index (χ0n) is 11.6. The quantitative estimate of drug-likeness (QED) is 0.160. The Labute approximate surface area is 143 Å². The summed E-state index contributed by atoms with van der Waals surface area (Å²) in [6.45, 7) is 0. The fraction of sp³-hybridized carbons (Fsp3) is 0. The van der Waals surface area contributed by atoms with Crippen LogP contribution in [0.3, 0.4) is 0 Å². The Morgan fingerprint density at radius 3 is 0.952 bits per heavy atom. The van der Waals surface area contributed by atoms with E-state index in [1.54, 1.807) is 0 Å². The molecule has 0 saturated heterocycles. The van der Waals surface area contributed by atoms with Gasteiger partial charge in [-0.25, -0.2) is 0 Å². The molecule has 5 rings (SSSR count). The summed E-state index contributed by atoms with van der Waals surface area (Å²) in [6.07, 6.45) is 0. The molecule has 0 amide bonds. The van der Waals surface area contributed by atoms with Gasteiger partial charge in [0.1, 0.15) is 0 Å². The minimum atomic E-state index is 0. The van der Waals surface area contributed by atoms with Gasteiger partial charge >= 0.3 is 0 Å². The molecular formula is C20H12Hg. The van der Waals surface area contributed by atoms with Crippen molar-refractivity contribution in [2.75, 3.05) is 0 Å². The van der Waals surface area contributed by atoms with Crippen LogP contribution in [0.5, 0.6) is 0 Å². The Bertz CT molecular complexity index is 923. The van der Waals surface area contributed by atoms with Crippen molar-refractivity contribution in [1.82, 2.24) is 0 Å². The van der Waals surface area contributed by atoms with Crippen molar-refractivity contribution in [3.8, 4) is 0 Å². The molecule has 21 heavy (non-hydrogen) atoms. The third kappa shape index (κ3) is 1.66. The van der Waals surface area contributed by atoms with Crippen LogP contribution in [0.25, 0.3) is 43.1 Å². The van der Waals surface area contributed by atoms with Crippen molar-refractivity contribution in [2.45, 2.75) is 0 Å². The van der Waals surface area contributed by atoms with Crippen LogP contribution in [-0.4, -0.2) is 0 Å². The number of benzene rings is 5. The van der Waals surface area contributed by atoms with Crippen LogP contribution in [0.2, 0.25) is 0 Å². The zero-order chi connectivity index (χ0) is 13.1. The number of fused-ring (bicyclic) bond motifs is 2. The van der Waals surface area contributed by atoms with Crippen LogP contribution in [0.1, 0.15) is 0 Å². The van der Waals surface area contributed by atoms with E-state index in [2.05, 4.69) is 72.8 Å². The largest absolute Gasteiger partial charge is 0.0610 e. The van der Waals surface area contributed by atoms with Crippen LogP contribution in [0.15, 0.2) is 72.8 Å². The van der Waals surface area contributed by atoms with Gasteiger partial charge in [0.2, 0.25) is 0 Å². The van der Waals surface area contributed by atoms with E-state index in [0.29, 0.717) is 0 Å². The summed E-state index contributed by atoms with van der Waals surface area (Å²) in [7, 11) is 0. The Kier molecular flexibility index (Phi) is 2.90. The molecule has 94 valence electrons. The zero-order valence-corrected chi connectivity index (χ0v) is 17.1. The van der Waals surface area contributed by atoms with E-state index in [9.17, 15) is 0 Å². The molecule has 5 aromatic carbocycles. The summed E-state index contributed by atoms with van der Waals surface area (Å²) in [5.74, 6) is 0. The van der Waals surface area contributed by atoms with Crippen molar-refractivity contribution in [2.24, 2.45) is 0 Å². The van der Waals surface area contributed by atoms with Gasteiger partial charge in [-0.2, -0.15) is 0 Å². The smallest absolute Gasteiger partial charge is 0 e.